The van der Waals surface area contributed by atoms with Crippen LogP contribution < -0.4 is 11.1 Å². The number of carbonyl (C=O) groups is 1. The van der Waals surface area contributed by atoms with E-state index in [0.717, 1.165) is 23.2 Å². The summed E-state index contributed by atoms with van der Waals surface area (Å²) in [5, 5.41) is 15.5. The van der Waals surface area contributed by atoms with Gasteiger partial charge >= 0.3 is 6.18 Å². The van der Waals surface area contributed by atoms with Gasteiger partial charge in [0.15, 0.2) is 0 Å². The summed E-state index contributed by atoms with van der Waals surface area (Å²) in [4.78, 5) is 18.5. The van der Waals surface area contributed by atoms with E-state index in [1.54, 1.807) is 13.8 Å². The summed E-state index contributed by atoms with van der Waals surface area (Å²) in [6.45, 7) is 12.1. The van der Waals surface area contributed by atoms with Gasteiger partial charge in [-0.1, -0.05) is 39.1 Å². The number of aliphatic imine (C=N–C) groups is 1. The van der Waals surface area contributed by atoms with Crippen molar-refractivity contribution in [2.24, 2.45) is 21.7 Å². The zero-order valence-electron chi connectivity index (χ0n) is 26.4. The molecule has 7 nitrogen and oxygen atoms in total. The minimum Gasteiger partial charge on any atom is -0.384 e. The van der Waals surface area contributed by atoms with Crippen LogP contribution in [0.2, 0.25) is 0 Å². The second kappa shape index (κ2) is 15.7. The van der Waals surface area contributed by atoms with Gasteiger partial charge < -0.3 is 11.1 Å². The molecule has 3 rings (SSSR count). The van der Waals surface area contributed by atoms with Gasteiger partial charge in [-0.25, -0.2) is 13.2 Å². The van der Waals surface area contributed by atoms with Crippen molar-refractivity contribution in [2.75, 3.05) is 0 Å². The van der Waals surface area contributed by atoms with Crippen LogP contribution in [0, 0.1) is 28.8 Å². The number of hydrogen-bond acceptors (Lipinski definition) is 5. The van der Waals surface area contributed by atoms with Crippen LogP contribution in [0.4, 0.5) is 26.3 Å². The summed E-state index contributed by atoms with van der Waals surface area (Å²) in [6, 6.07) is 4.34. The Labute approximate surface area is 270 Å². The summed E-state index contributed by atoms with van der Waals surface area (Å²) < 4.78 is 84.3. The smallest absolute Gasteiger partial charge is 0.384 e. The van der Waals surface area contributed by atoms with Crippen molar-refractivity contribution in [3.63, 3.8) is 0 Å². The number of carbonyl (C=O) groups excluding carboxylic acids is 1. The minimum atomic E-state index is -4.74. The van der Waals surface area contributed by atoms with E-state index in [2.05, 4.69) is 28.6 Å². The van der Waals surface area contributed by atoms with E-state index in [-0.39, 0.29) is 41.3 Å². The fourth-order valence-electron chi connectivity index (χ4n) is 5.01. The number of benzene rings is 2. The lowest BCUT2D eigenvalue weighted by atomic mass is 9.95. The Bertz CT molecular complexity index is 1590. The molecule has 0 bridgehead atoms. The topological polar surface area (TPSA) is 107 Å². The number of nitrogens with one attached hydrogen (secondary N) is 2. The number of nitrogens with two attached hydrogens (primary N) is 1. The van der Waals surface area contributed by atoms with Crippen molar-refractivity contribution >= 4 is 29.2 Å². The maximum absolute atomic E-state index is 14.4. The van der Waals surface area contributed by atoms with Gasteiger partial charge in [0.1, 0.15) is 35.0 Å². The molecule has 2 atom stereocenters. The average Bonchev–Trinajstić information content (AvgIpc) is 3.83. The van der Waals surface area contributed by atoms with Crippen molar-refractivity contribution in [2.45, 2.75) is 71.1 Å². The molecule has 1 fully saturated rings. The van der Waals surface area contributed by atoms with Crippen LogP contribution in [0.25, 0.3) is 5.57 Å². The maximum Gasteiger partial charge on any atom is 0.431 e. The quantitative estimate of drug-likeness (QED) is 0.0801. The molecule has 13 heteroatoms. The van der Waals surface area contributed by atoms with Crippen molar-refractivity contribution in [1.29, 1.82) is 5.41 Å². The number of rotatable bonds is 15. The molecular weight excluding hydrogens is 622 g/mol. The molecule has 2 unspecified atom stereocenters. The first kappa shape index (κ1) is 36.8. The van der Waals surface area contributed by atoms with Crippen LogP contribution in [0.3, 0.4) is 0 Å². The van der Waals surface area contributed by atoms with Crippen molar-refractivity contribution < 1.29 is 31.1 Å². The summed E-state index contributed by atoms with van der Waals surface area (Å²) in [5.74, 6) is -3.86. The van der Waals surface area contributed by atoms with Gasteiger partial charge in [-0.05, 0) is 80.0 Å². The molecular formula is C34H38F6N6O. The Kier molecular flexibility index (Phi) is 12.3. The molecule has 2 aromatic rings. The van der Waals surface area contributed by atoms with Crippen molar-refractivity contribution in [3.05, 3.63) is 101 Å². The zero-order chi connectivity index (χ0) is 35.1. The fraction of sp³-hybridized carbons (Fsp3) is 0.353. The molecule has 1 aliphatic carbocycles. The Morgan fingerprint density at radius 3 is 2.30 bits per heavy atom. The molecule has 1 saturated carbocycles. The molecule has 0 radical (unpaired) electrons. The first-order chi connectivity index (χ1) is 22.1. The third-order valence-electron chi connectivity index (χ3n) is 7.62. The molecule has 0 spiro atoms. The first-order valence-electron chi connectivity index (χ1n) is 15.0. The third-order valence-corrected chi connectivity index (χ3v) is 7.62. The Morgan fingerprint density at radius 2 is 1.79 bits per heavy atom. The number of amidine groups is 1. The number of hydrogen-bond donors (Lipinski definition) is 3. The third kappa shape index (κ3) is 9.66. The van der Waals surface area contributed by atoms with Crippen LogP contribution in [-0.2, 0) is 11.2 Å². The molecule has 0 aromatic heterocycles. The minimum absolute atomic E-state index is 0.0329. The highest BCUT2D eigenvalue weighted by Crippen LogP contribution is 2.39. The number of hydrazone groups is 1. The molecule has 47 heavy (non-hydrogen) atoms. The lowest BCUT2D eigenvalue weighted by Crippen LogP contribution is -2.49. The Balaban J connectivity index is 2.19. The van der Waals surface area contributed by atoms with E-state index in [1.165, 1.54) is 31.3 Å². The summed E-state index contributed by atoms with van der Waals surface area (Å²) in [6.07, 6.45) is -1.30. The number of alkyl halides is 3. The number of allylic oxidation sites excluding steroid dienone is 3. The highest BCUT2D eigenvalue weighted by Gasteiger charge is 2.39. The van der Waals surface area contributed by atoms with Crippen LogP contribution in [0.1, 0.15) is 63.1 Å². The second-order valence-corrected chi connectivity index (χ2v) is 11.1. The highest BCUT2D eigenvalue weighted by molar-refractivity contribution is 5.96. The predicted molar refractivity (Wildman–Crippen MR) is 172 cm³/mol. The van der Waals surface area contributed by atoms with E-state index in [9.17, 15) is 31.1 Å². The van der Waals surface area contributed by atoms with Gasteiger partial charge in [-0.2, -0.15) is 18.3 Å². The van der Waals surface area contributed by atoms with Crippen LogP contribution in [-0.4, -0.2) is 46.9 Å². The van der Waals surface area contributed by atoms with Gasteiger partial charge in [0, 0.05) is 23.9 Å². The van der Waals surface area contributed by atoms with Crippen LogP contribution in [0.5, 0.6) is 0 Å². The molecule has 4 N–H and O–H groups in total. The number of nitrogens with zero attached hydrogens (tertiary/aromatic N) is 3. The first-order valence-corrected chi connectivity index (χ1v) is 15.0. The molecule has 2 aromatic carbocycles. The van der Waals surface area contributed by atoms with Gasteiger partial charge in [-0.15, -0.1) is 0 Å². The molecule has 1 amide bonds. The largest absolute Gasteiger partial charge is 0.431 e. The molecule has 0 aliphatic heterocycles. The maximum atomic E-state index is 14.4. The van der Waals surface area contributed by atoms with Crippen LogP contribution >= 0.6 is 0 Å². The highest BCUT2D eigenvalue weighted by atomic mass is 19.4. The van der Waals surface area contributed by atoms with E-state index in [0.29, 0.717) is 30.0 Å². The summed E-state index contributed by atoms with van der Waals surface area (Å²) >= 11 is 0. The molecule has 0 saturated heterocycles. The lowest BCUT2D eigenvalue weighted by molar-refractivity contribution is -0.126. The van der Waals surface area contributed by atoms with E-state index < -0.39 is 59.6 Å². The summed E-state index contributed by atoms with van der Waals surface area (Å²) in [7, 11) is 0. The van der Waals surface area contributed by atoms with E-state index in [4.69, 9.17) is 11.1 Å². The molecule has 1 aliphatic rings. The molecule has 0 heterocycles. The second-order valence-electron chi connectivity index (χ2n) is 11.1. The standard InChI is InChI=1S/C34H38F6N6O/c1-6-13-43-31(19(4)23-11-12-27(37)26(17-23)32(41)42)28(16-21-14-24(35)18-25(36)15-21)44-33(47)29(7-2)46(20(5)22-9-10-22)45-30(8-3)34(38,39)40/h6,11-15,17-18,22,28-29H,1,5,7-10,16H2,2-4H3,(H3,41,42)(H,44,47). The van der Waals surface area contributed by atoms with E-state index >= 15 is 0 Å². The Morgan fingerprint density at radius 1 is 1.15 bits per heavy atom. The Hall–Kier alpha value is -4.68. The van der Waals surface area contributed by atoms with Crippen LogP contribution in [0.15, 0.2) is 77.1 Å². The number of nitrogen functional groups attached to an aromatic ring is 1. The zero-order valence-corrected chi connectivity index (χ0v) is 26.4. The van der Waals surface area contributed by atoms with Gasteiger partial charge in [-0.3, -0.25) is 20.2 Å². The lowest BCUT2D eigenvalue weighted by Gasteiger charge is -2.32. The van der Waals surface area contributed by atoms with Crippen molar-refractivity contribution in [3.8, 4) is 0 Å². The monoisotopic (exact) mass is 660 g/mol. The van der Waals surface area contributed by atoms with Gasteiger partial charge in [0.2, 0.25) is 5.91 Å². The predicted octanol–water partition coefficient (Wildman–Crippen LogP) is 7.44. The molecule has 252 valence electrons. The number of amides is 1. The van der Waals surface area contributed by atoms with Gasteiger partial charge in [0.25, 0.3) is 0 Å². The van der Waals surface area contributed by atoms with Gasteiger partial charge in [0.05, 0.1) is 17.3 Å². The number of halogens is 6. The SMILES string of the molecule is C=CC=NC(=C(C)c1ccc(F)c(C(=N)N)c1)C(Cc1cc(F)cc(F)c1)NC(=O)C(CC)N(N=C(CC)C(F)(F)F)C(=C)C1CC1. The normalized spacial score (nSPS) is 15.6. The average molecular weight is 661 g/mol. The fourth-order valence-corrected chi connectivity index (χ4v) is 5.01. The van der Waals surface area contributed by atoms with E-state index in [1.807, 2.05) is 0 Å². The van der Waals surface area contributed by atoms with Crippen molar-refractivity contribution in [1.82, 2.24) is 10.3 Å². The summed E-state index contributed by atoms with van der Waals surface area (Å²) in [5.41, 5.74) is 5.62.